The number of ether oxygens (including phenoxy) is 1. The number of nitriles is 1. The van der Waals surface area contributed by atoms with Crippen molar-refractivity contribution in [2.24, 2.45) is 0 Å². The van der Waals surface area contributed by atoms with Crippen LogP contribution in [0.5, 0.6) is 0 Å². The zero-order valence-corrected chi connectivity index (χ0v) is 10.8. The Labute approximate surface area is 94.2 Å². The van der Waals surface area contributed by atoms with E-state index in [0.29, 0.717) is 10.8 Å². The maximum atomic E-state index is 11.2. The third kappa shape index (κ3) is 6.09. The van der Waals surface area contributed by atoms with Crippen LogP contribution in [-0.2, 0) is 14.3 Å². The molecule has 0 aliphatic carbocycles. The molecule has 0 aliphatic rings. The summed E-state index contributed by atoms with van der Waals surface area (Å²) in [5.74, 6) is -0.426. The normalized spacial score (nSPS) is 11.3. The summed E-state index contributed by atoms with van der Waals surface area (Å²) in [5.41, 5.74) is 2.22. The van der Waals surface area contributed by atoms with Gasteiger partial charge in [0.05, 0.1) is 0 Å². The van der Waals surface area contributed by atoms with Gasteiger partial charge in [-0.25, -0.2) is 0 Å². The van der Waals surface area contributed by atoms with Crippen molar-refractivity contribution in [3.05, 3.63) is 12.2 Å². The minimum absolute atomic E-state index is 0.0229. The van der Waals surface area contributed by atoms with Crippen molar-refractivity contribution in [1.29, 1.82) is 5.26 Å². The number of hydrogen-bond donors (Lipinski definition) is 0. The quantitative estimate of drug-likeness (QED) is 0.414. The second kappa shape index (κ2) is 7.25. The summed E-state index contributed by atoms with van der Waals surface area (Å²) in [6.45, 7) is 5.27. The Hall–Kier alpha value is -1.07. The minimum atomic E-state index is -1.64. The van der Waals surface area contributed by atoms with E-state index < -0.39 is 20.6 Å². The Bertz CT molecular complexity index is 306. The van der Waals surface area contributed by atoms with Crippen LogP contribution < -0.4 is 0 Å². The molecule has 0 aromatic carbocycles. The fourth-order valence-electron chi connectivity index (χ4n) is 0.726. The fourth-order valence-corrected chi connectivity index (χ4v) is 2.73. The Balaban J connectivity index is 3.78. The summed E-state index contributed by atoms with van der Waals surface area (Å²) in [6.07, 6.45) is -0.0229. The van der Waals surface area contributed by atoms with Crippen molar-refractivity contribution in [3.63, 3.8) is 0 Å². The van der Waals surface area contributed by atoms with Crippen molar-refractivity contribution in [2.75, 3.05) is 6.61 Å². The van der Waals surface area contributed by atoms with Crippen LogP contribution in [0.1, 0.15) is 13.3 Å². The van der Waals surface area contributed by atoms with Gasteiger partial charge in [-0.3, -0.25) is 0 Å². The SMILES string of the molecule is C=C(C)C(=O)OCC[As](C)C(=O)CC#N. The van der Waals surface area contributed by atoms with Gasteiger partial charge in [-0.05, 0) is 0 Å². The van der Waals surface area contributed by atoms with E-state index in [4.69, 9.17) is 10.00 Å². The maximum absolute atomic E-state index is 11.2. The molecule has 0 saturated heterocycles. The Morgan fingerprint density at radius 2 is 2.13 bits per heavy atom. The predicted octanol–water partition coefficient (Wildman–Crippen LogP) is 1.25. The molecule has 0 fully saturated rings. The van der Waals surface area contributed by atoms with Crippen LogP contribution in [0.4, 0.5) is 0 Å². The molecule has 0 amide bonds. The molecule has 0 N–H and O–H groups in total. The van der Waals surface area contributed by atoms with Gasteiger partial charge in [0.2, 0.25) is 0 Å². The van der Waals surface area contributed by atoms with Crippen molar-refractivity contribution >= 4 is 25.2 Å². The topological polar surface area (TPSA) is 67.2 Å². The van der Waals surface area contributed by atoms with E-state index in [9.17, 15) is 9.59 Å². The first-order valence-corrected chi connectivity index (χ1v) is 8.56. The van der Waals surface area contributed by atoms with Gasteiger partial charge in [-0.2, -0.15) is 0 Å². The molecule has 0 rings (SSSR count). The van der Waals surface area contributed by atoms with E-state index in [0.717, 1.165) is 0 Å². The second-order valence-electron chi connectivity index (χ2n) is 3.07. The molecule has 0 heterocycles. The number of carbonyl (C=O) groups excluding carboxylic acids is 2. The molecule has 0 saturated carbocycles. The van der Waals surface area contributed by atoms with Gasteiger partial charge < -0.3 is 0 Å². The monoisotopic (exact) mass is 271 g/mol. The van der Waals surface area contributed by atoms with Gasteiger partial charge in [-0.1, -0.05) is 0 Å². The number of rotatable bonds is 6. The van der Waals surface area contributed by atoms with Crippen LogP contribution in [0.15, 0.2) is 12.2 Å². The summed E-state index contributed by atoms with van der Waals surface area (Å²) in [7, 11) is 0. The zero-order valence-electron chi connectivity index (χ0n) is 8.95. The van der Waals surface area contributed by atoms with E-state index in [1.54, 1.807) is 6.92 Å². The summed E-state index contributed by atoms with van der Waals surface area (Å²) in [6, 6.07) is 1.83. The number of esters is 1. The summed E-state index contributed by atoms with van der Waals surface area (Å²) < 4.78 is 4.89. The fraction of sp³-hybridized carbons (Fsp3) is 0.500. The van der Waals surface area contributed by atoms with E-state index in [-0.39, 0.29) is 17.6 Å². The second-order valence-corrected chi connectivity index (χ2v) is 7.98. The molecule has 0 bridgehead atoms. The average molecular weight is 271 g/mol. The number of carbonyl (C=O) groups is 2. The van der Waals surface area contributed by atoms with Gasteiger partial charge in [0.25, 0.3) is 0 Å². The number of nitrogens with zero attached hydrogens (tertiary/aromatic N) is 1. The van der Waals surface area contributed by atoms with E-state index in [2.05, 4.69) is 6.58 Å². The predicted molar refractivity (Wildman–Crippen MR) is 57.4 cm³/mol. The van der Waals surface area contributed by atoms with E-state index in [1.165, 1.54) is 0 Å². The molecule has 0 aliphatic heterocycles. The molecule has 4 nitrogen and oxygen atoms in total. The molecule has 5 heteroatoms. The molecule has 82 valence electrons. The van der Waals surface area contributed by atoms with Crippen molar-refractivity contribution < 1.29 is 14.3 Å². The van der Waals surface area contributed by atoms with Crippen LogP contribution in [0.2, 0.25) is 10.9 Å². The molecule has 1 atom stereocenters. The average Bonchev–Trinajstić information content (AvgIpc) is 2.17. The molecule has 0 aromatic rings. The Kier molecular flexibility index (Phi) is 6.73. The Morgan fingerprint density at radius 3 is 2.60 bits per heavy atom. The van der Waals surface area contributed by atoms with Crippen LogP contribution in [0.3, 0.4) is 0 Å². The first kappa shape index (κ1) is 13.9. The van der Waals surface area contributed by atoms with Gasteiger partial charge in [0, 0.05) is 0 Å². The van der Waals surface area contributed by atoms with Gasteiger partial charge in [0.15, 0.2) is 0 Å². The summed E-state index contributed by atoms with van der Waals surface area (Å²) >= 11 is -1.64. The van der Waals surface area contributed by atoms with Crippen molar-refractivity contribution in [1.82, 2.24) is 0 Å². The zero-order chi connectivity index (χ0) is 11.8. The first-order chi connectivity index (χ1) is 6.99. The van der Waals surface area contributed by atoms with Crippen LogP contribution in [0, 0.1) is 11.3 Å². The van der Waals surface area contributed by atoms with Crippen molar-refractivity contribution in [3.8, 4) is 6.07 Å². The molecule has 1 unspecified atom stereocenters. The third-order valence-electron chi connectivity index (χ3n) is 1.66. The van der Waals surface area contributed by atoms with Gasteiger partial charge in [0.1, 0.15) is 0 Å². The molecular weight excluding hydrogens is 257 g/mol. The summed E-state index contributed by atoms with van der Waals surface area (Å²) in [4.78, 5) is 22.2. The number of hydrogen-bond acceptors (Lipinski definition) is 4. The van der Waals surface area contributed by atoms with Crippen LogP contribution in [-0.4, -0.2) is 31.8 Å². The standard InChI is InChI=1S/C10H14AsNO3/c1-8(2)10(14)15-7-5-11(3)9(13)4-6-12/h1,4-5,7H2,2-3H3. The molecule has 0 spiro atoms. The van der Waals surface area contributed by atoms with E-state index in [1.807, 2.05) is 11.8 Å². The molecule has 0 radical (unpaired) electrons. The van der Waals surface area contributed by atoms with E-state index >= 15 is 0 Å². The molecule has 15 heavy (non-hydrogen) atoms. The molecular formula is C10H14AsNO3. The van der Waals surface area contributed by atoms with Crippen LogP contribution in [0.25, 0.3) is 0 Å². The Morgan fingerprint density at radius 1 is 1.53 bits per heavy atom. The van der Waals surface area contributed by atoms with Gasteiger partial charge >= 0.3 is 93.9 Å². The first-order valence-electron chi connectivity index (χ1n) is 4.42. The summed E-state index contributed by atoms with van der Waals surface area (Å²) in [5, 5.41) is 8.92. The van der Waals surface area contributed by atoms with Crippen molar-refractivity contribution in [2.45, 2.75) is 24.3 Å². The van der Waals surface area contributed by atoms with Gasteiger partial charge in [-0.15, -0.1) is 0 Å². The van der Waals surface area contributed by atoms with Crippen LogP contribution >= 0.6 is 0 Å². The third-order valence-corrected chi connectivity index (χ3v) is 5.57. The molecule has 0 aromatic heterocycles.